The highest BCUT2D eigenvalue weighted by molar-refractivity contribution is 5.91. The summed E-state index contributed by atoms with van der Waals surface area (Å²) in [7, 11) is 0. The highest BCUT2D eigenvalue weighted by Crippen LogP contribution is 2.67. The maximum atomic E-state index is 12.4. The van der Waals surface area contributed by atoms with Gasteiger partial charge in [-0.15, -0.1) is 0 Å². The summed E-state index contributed by atoms with van der Waals surface area (Å²) in [5, 5.41) is 0. The lowest BCUT2D eigenvalue weighted by Crippen LogP contribution is -2.51. The SMILES string of the molecule is CC1=C(C)C(=O)OC(C(C)C2CCC3C4CCC5=CC(=O)CCC5(C)C4CCC23C)C1. The van der Waals surface area contributed by atoms with Gasteiger partial charge >= 0.3 is 5.97 Å². The van der Waals surface area contributed by atoms with Gasteiger partial charge in [0, 0.05) is 18.4 Å². The van der Waals surface area contributed by atoms with Gasteiger partial charge in [-0.1, -0.05) is 31.9 Å². The third-order valence-electron chi connectivity index (χ3n) is 11.0. The Hall–Kier alpha value is -1.38. The van der Waals surface area contributed by atoms with Crippen molar-refractivity contribution in [2.24, 2.45) is 40.4 Å². The van der Waals surface area contributed by atoms with Crippen molar-refractivity contribution in [1.29, 1.82) is 0 Å². The quantitative estimate of drug-likeness (QED) is 0.480. The Kier molecular flexibility index (Phi) is 5.07. The molecule has 0 bridgehead atoms. The molecular formula is C28H40O3. The van der Waals surface area contributed by atoms with Crippen molar-refractivity contribution in [3.63, 3.8) is 0 Å². The van der Waals surface area contributed by atoms with E-state index in [9.17, 15) is 9.59 Å². The van der Waals surface area contributed by atoms with Gasteiger partial charge in [-0.25, -0.2) is 4.79 Å². The molecule has 31 heavy (non-hydrogen) atoms. The van der Waals surface area contributed by atoms with E-state index in [-0.39, 0.29) is 17.5 Å². The molecule has 0 saturated heterocycles. The van der Waals surface area contributed by atoms with Crippen molar-refractivity contribution in [3.8, 4) is 0 Å². The number of allylic oxidation sites excluding steroid dienone is 1. The molecule has 5 aliphatic rings. The van der Waals surface area contributed by atoms with Crippen LogP contribution in [-0.4, -0.2) is 17.9 Å². The van der Waals surface area contributed by atoms with Crippen molar-refractivity contribution >= 4 is 11.8 Å². The minimum atomic E-state index is -0.102. The molecule has 8 atom stereocenters. The van der Waals surface area contributed by atoms with Crippen molar-refractivity contribution < 1.29 is 14.3 Å². The van der Waals surface area contributed by atoms with E-state index < -0.39 is 0 Å². The summed E-state index contributed by atoms with van der Waals surface area (Å²) in [5.74, 6) is 3.63. The van der Waals surface area contributed by atoms with Crippen LogP contribution < -0.4 is 0 Å². The highest BCUT2D eigenvalue weighted by Gasteiger charge is 2.60. The molecule has 0 aromatic carbocycles. The van der Waals surface area contributed by atoms with Crippen molar-refractivity contribution in [1.82, 2.24) is 0 Å². The average Bonchev–Trinajstić information content (AvgIpc) is 3.08. The lowest BCUT2D eigenvalue weighted by atomic mass is 9.46. The lowest BCUT2D eigenvalue weighted by Gasteiger charge is -2.58. The van der Waals surface area contributed by atoms with Gasteiger partial charge in [0.1, 0.15) is 6.10 Å². The topological polar surface area (TPSA) is 43.4 Å². The van der Waals surface area contributed by atoms with Gasteiger partial charge in [-0.2, -0.15) is 0 Å². The molecule has 0 radical (unpaired) electrons. The van der Waals surface area contributed by atoms with Crippen LogP contribution in [-0.2, 0) is 14.3 Å². The maximum Gasteiger partial charge on any atom is 0.333 e. The van der Waals surface area contributed by atoms with Crippen LogP contribution in [0.3, 0.4) is 0 Å². The Labute approximate surface area is 188 Å². The van der Waals surface area contributed by atoms with Crippen LogP contribution in [0.15, 0.2) is 22.8 Å². The summed E-state index contributed by atoms with van der Waals surface area (Å²) in [6.07, 6.45) is 12.3. The smallest absolute Gasteiger partial charge is 0.333 e. The van der Waals surface area contributed by atoms with Crippen molar-refractivity contribution in [3.05, 3.63) is 22.8 Å². The van der Waals surface area contributed by atoms with Crippen LogP contribution in [0.1, 0.15) is 92.4 Å². The molecule has 0 aromatic heterocycles. The second kappa shape index (κ2) is 7.32. The van der Waals surface area contributed by atoms with Gasteiger partial charge in [0.25, 0.3) is 0 Å². The monoisotopic (exact) mass is 424 g/mol. The molecule has 8 unspecified atom stereocenters. The number of fused-ring (bicyclic) bond motifs is 5. The van der Waals surface area contributed by atoms with E-state index in [2.05, 4.69) is 27.7 Å². The van der Waals surface area contributed by atoms with Gasteiger partial charge in [-0.3, -0.25) is 4.79 Å². The Morgan fingerprint density at radius 1 is 1.00 bits per heavy atom. The standard InChI is InChI=1S/C28H40O3/c1-16-14-25(31-26(30)17(16)2)18(3)22-8-9-23-21-7-6-19-15-20(29)10-12-27(19,4)24(21)11-13-28(22,23)5/h15,18,21-25H,6-14H2,1-5H3. The predicted octanol–water partition coefficient (Wildman–Crippen LogP) is 6.42. The summed E-state index contributed by atoms with van der Waals surface area (Å²) in [5.41, 5.74) is 4.09. The van der Waals surface area contributed by atoms with Gasteiger partial charge in [0.2, 0.25) is 0 Å². The van der Waals surface area contributed by atoms with E-state index in [1.807, 2.05) is 13.0 Å². The van der Waals surface area contributed by atoms with Crippen LogP contribution >= 0.6 is 0 Å². The number of ketones is 1. The van der Waals surface area contributed by atoms with Crippen molar-refractivity contribution in [2.45, 2.75) is 98.5 Å². The summed E-state index contributed by atoms with van der Waals surface area (Å²) >= 11 is 0. The first-order chi connectivity index (χ1) is 14.6. The van der Waals surface area contributed by atoms with Gasteiger partial charge < -0.3 is 4.74 Å². The molecule has 1 aliphatic heterocycles. The summed E-state index contributed by atoms with van der Waals surface area (Å²) in [4.78, 5) is 24.4. The molecule has 5 rings (SSSR count). The third-order valence-corrected chi connectivity index (χ3v) is 11.0. The zero-order valence-electron chi connectivity index (χ0n) is 20.1. The highest BCUT2D eigenvalue weighted by atomic mass is 16.5. The van der Waals surface area contributed by atoms with Crippen LogP contribution in [0.5, 0.6) is 0 Å². The first-order valence-corrected chi connectivity index (χ1v) is 12.8. The van der Waals surface area contributed by atoms with E-state index in [4.69, 9.17) is 4.74 Å². The fourth-order valence-electron chi connectivity index (χ4n) is 8.91. The third kappa shape index (κ3) is 3.12. The van der Waals surface area contributed by atoms with E-state index in [0.29, 0.717) is 23.0 Å². The Balaban J connectivity index is 1.38. The summed E-state index contributed by atoms with van der Waals surface area (Å²) < 4.78 is 5.94. The largest absolute Gasteiger partial charge is 0.458 e. The number of carbonyl (C=O) groups excluding carboxylic acids is 2. The fraction of sp³-hybridized carbons (Fsp3) is 0.786. The van der Waals surface area contributed by atoms with Crippen molar-refractivity contribution in [2.75, 3.05) is 0 Å². The zero-order chi connectivity index (χ0) is 22.1. The predicted molar refractivity (Wildman–Crippen MR) is 122 cm³/mol. The minimum Gasteiger partial charge on any atom is -0.458 e. The summed E-state index contributed by atoms with van der Waals surface area (Å²) in [6.45, 7) is 11.4. The number of ether oxygens (including phenoxy) is 1. The molecule has 170 valence electrons. The van der Waals surface area contributed by atoms with Gasteiger partial charge in [0.05, 0.1) is 0 Å². The second-order valence-electron chi connectivity index (χ2n) is 12.1. The maximum absolute atomic E-state index is 12.4. The Morgan fingerprint density at radius 3 is 2.52 bits per heavy atom. The molecule has 0 amide bonds. The number of hydrogen-bond donors (Lipinski definition) is 0. The number of cyclic esters (lactones) is 1. The molecule has 3 heteroatoms. The van der Waals surface area contributed by atoms with E-state index in [1.54, 1.807) is 0 Å². The molecule has 4 aliphatic carbocycles. The minimum absolute atomic E-state index is 0.0391. The average molecular weight is 425 g/mol. The number of esters is 1. The number of rotatable bonds is 2. The van der Waals surface area contributed by atoms with Crippen LogP contribution in [0.25, 0.3) is 0 Å². The van der Waals surface area contributed by atoms with E-state index >= 15 is 0 Å². The molecule has 3 saturated carbocycles. The molecule has 0 aromatic rings. The second-order valence-corrected chi connectivity index (χ2v) is 12.1. The number of hydrogen-bond acceptors (Lipinski definition) is 3. The molecule has 3 fully saturated rings. The lowest BCUT2D eigenvalue weighted by molar-refractivity contribution is -0.151. The molecule has 0 N–H and O–H groups in total. The van der Waals surface area contributed by atoms with Crippen LogP contribution in [0.4, 0.5) is 0 Å². The van der Waals surface area contributed by atoms with Gasteiger partial charge in [0.15, 0.2) is 5.78 Å². The van der Waals surface area contributed by atoms with Crippen LogP contribution in [0.2, 0.25) is 0 Å². The fourth-order valence-corrected chi connectivity index (χ4v) is 8.91. The zero-order valence-corrected chi connectivity index (χ0v) is 20.1. The molecular weight excluding hydrogens is 384 g/mol. The first kappa shape index (κ1) is 21.5. The molecule has 0 spiro atoms. The van der Waals surface area contributed by atoms with Crippen LogP contribution in [0, 0.1) is 40.4 Å². The molecule has 3 nitrogen and oxygen atoms in total. The molecule has 1 heterocycles. The van der Waals surface area contributed by atoms with Gasteiger partial charge in [-0.05, 0) is 105 Å². The Bertz CT molecular complexity index is 865. The summed E-state index contributed by atoms with van der Waals surface area (Å²) in [6, 6.07) is 0. The van der Waals surface area contributed by atoms with E-state index in [1.165, 1.54) is 43.3 Å². The van der Waals surface area contributed by atoms with E-state index in [0.717, 1.165) is 49.0 Å². The normalized spacial score (nSPS) is 46.0. The number of carbonyl (C=O) groups is 2. The first-order valence-electron chi connectivity index (χ1n) is 12.8. The Morgan fingerprint density at radius 2 is 1.77 bits per heavy atom.